The van der Waals surface area contributed by atoms with Crippen LogP contribution in [0.4, 0.5) is 0 Å². The Hall–Kier alpha value is -1.02. The van der Waals surface area contributed by atoms with Gasteiger partial charge in [0.1, 0.15) is 0 Å². The minimum atomic E-state index is 0.0417. The third-order valence-electron chi connectivity index (χ3n) is 4.73. The second-order valence-corrected chi connectivity index (χ2v) is 6.92. The van der Waals surface area contributed by atoms with Crippen molar-refractivity contribution in [3.8, 4) is 0 Å². The molecule has 1 N–H and O–H groups in total. The van der Waals surface area contributed by atoms with E-state index in [1.807, 2.05) is 13.8 Å². The molecule has 0 aliphatic heterocycles. The Morgan fingerprint density at radius 3 is 2.24 bits per heavy atom. The van der Waals surface area contributed by atoms with E-state index < -0.39 is 0 Å². The summed E-state index contributed by atoms with van der Waals surface area (Å²) in [6.45, 7) is 6.77. The van der Waals surface area contributed by atoms with Crippen LogP contribution in [0, 0.1) is 26.2 Å². The number of amides is 1. The molecule has 2 nitrogen and oxygen atoms in total. The highest BCUT2D eigenvalue weighted by molar-refractivity contribution is 6.18. The average Bonchev–Trinajstić information content (AvgIpc) is 2.45. The van der Waals surface area contributed by atoms with Gasteiger partial charge in [-0.3, -0.25) is 4.79 Å². The molecule has 1 aliphatic rings. The molecule has 1 aromatic carbocycles. The second kappa shape index (κ2) is 6.83. The second-order valence-electron chi connectivity index (χ2n) is 6.65. The summed E-state index contributed by atoms with van der Waals surface area (Å²) in [6.07, 6.45) is 6.00. The Kier molecular flexibility index (Phi) is 5.32. The first-order valence-electron chi connectivity index (χ1n) is 7.89. The summed E-state index contributed by atoms with van der Waals surface area (Å²) >= 11 is 6.20. The Bertz CT molecular complexity index is 495. The van der Waals surface area contributed by atoms with E-state index in [0.29, 0.717) is 12.4 Å². The highest BCUT2D eigenvalue weighted by Gasteiger charge is 2.31. The van der Waals surface area contributed by atoms with Gasteiger partial charge in [0.25, 0.3) is 5.91 Å². The standard InChI is InChI=1S/C18H26ClNO/c1-13-9-14(2)16(15(3)10-13)17(21)20-12-18(11-19)7-5-4-6-8-18/h9-10H,4-8,11-12H2,1-3H3,(H,20,21). The number of rotatable bonds is 4. The fraction of sp³-hybridized carbons (Fsp3) is 0.611. The van der Waals surface area contributed by atoms with Crippen molar-refractivity contribution in [2.45, 2.75) is 52.9 Å². The minimum absolute atomic E-state index is 0.0417. The van der Waals surface area contributed by atoms with Crippen molar-refractivity contribution in [2.75, 3.05) is 12.4 Å². The molecule has 1 saturated carbocycles. The molecule has 0 atom stereocenters. The van der Waals surface area contributed by atoms with Gasteiger partial charge in [0.05, 0.1) is 0 Å². The van der Waals surface area contributed by atoms with Crippen LogP contribution in [-0.4, -0.2) is 18.3 Å². The Labute approximate surface area is 133 Å². The number of hydrogen-bond acceptors (Lipinski definition) is 1. The van der Waals surface area contributed by atoms with Gasteiger partial charge >= 0.3 is 0 Å². The number of halogens is 1. The van der Waals surface area contributed by atoms with E-state index in [1.54, 1.807) is 0 Å². The summed E-state index contributed by atoms with van der Waals surface area (Å²) in [7, 11) is 0. The van der Waals surface area contributed by atoms with Crippen molar-refractivity contribution in [1.82, 2.24) is 5.32 Å². The van der Waals surface area contributed by atoms with Crippen LogP contribution in [0.5, 0.6) is 0 Å². The van der Waals surface area contributed by atoms with Gasteiger partial charge in [-0.05, 0) is 44.7 Å². The number of carbonyl (C=O) groups excluding carboxylic acids is 1. The third-order valence-corrected chi connectivity index (χ3v) is 5.29. The molecule has 2 rings (SSSR count). The smallest absolute Gasteiger partial charge is 0.251 e. The topological polar surface area (TPSA) is 29.1 Å². The maximum atomic E-state index is 12.5. The molecule has 116 valence electrons. The van der Waals surface area contributed by atoms with Gasteiger partial charge in [-0.1, -0.05) is 37.0 Å². The fourth-order valence-electron chi connectivity index (χ4n) is 3.55. The predicted molar refractivity (Wildman–Crippen MR) is 89.2 cm³/mol. The molecule has 1 amide bonds. The number of aryl methyl sites for hydroxylation is 3. The minimum Gasteiger partial charge on any atom is -0.351 e. The van der Waals surface area contributed by atoms with Gasteiger partial charge in [-0.2, -0.15) is 0 Å². The summed E-state index contributed by atoms with van der Waals surface area (Å²) in [5.41, 5.74) is 4.22. The van der Waals surface area contributed by atoms with Crippen LogP contribution < -0.4 is 5.32 Å². The normalized spacial score (nSPS) is 17.5. The van der Waals surface area contributed by atoms with Crippen LogP contribution in [0.2, 0.25) is 0 Å². The highest BCUT2D eigenvalue weighted by Crippen LogP contribution is 2.36. The first-order valence-corrected chi connectivity index (χ1v) is 8.43. The molecule has 0 spiro atoms. The molecule has 0 heterocycles. The lowest BCUT2D eigenvalue weighted by atomic mass is 9.75. The molecule has 1 fully saturated rings. The van der Waals surface area contributed by atoms with E-state index in [-0.39, 0.29) is 11.3 Å². The first kappa shape index (κ1) is 16.4. The molecule has 1 aromatic rings. The van der Waals surface area contributed by atoms with Crippen LogP contribution in [0.25, 0.3) is 0 Å². The summed E-state index contributed by atoms with van der Waals surface area (Å²) in [5.74, 6) is 0.680. The number of hydrogen-bond donors (Lipinski definition) is 1. The van der Waals surface area contributed by atoms with Gasteiger partial charge in [0, 0.05) is 23.4 Å². The highest BCUT2D eigenvalue weighted by atomic mass is 35.5. The largest absolute Gasteiger partial charge is 0.351 e. The number of nitrogens with one attached hydrogen (secondary N) is 1. The third kappa shape index (κ3) is 3.79. The molecule has 0 saturated heterocycles. The van der Waals surface area contributed by atoms with Crippen molar-refractivity contribution in [1.29, 1.82) is 0 Å². The lowest BCUT2D eigenvalue weighted by Gasteiger charge is -2.35. The molecule has 0 unspecified atom stereocenters. The maximum absolute atomic E-state index is 12.5. The van der Waals surface area contributed by atoms with Crippen molar-refractivity contribution in [3.05, 3.63) is 34.4 Å². The summed E-state index contributed by atoms with van der Waals surface area (Å²) < 4.78 is 0. The van der Waals surface area contributed by atoms with Gasteiger partial charge in [-0.25, -0.2) is 0 Å². The SMILES string of the molecule is Cc1cc(C)c(C(=O)NCC2(CCl)CCCCC2)c(C)c1. The molecular formula is C18H26ClNO. The van der Waals surface area contributed by atoms with E-state index in [9.17, 15) is 4.79 Å². The zero-order valence-corrected chi connectivity index (χ0v) is 14.1. The van der Waals surface area contributed by atoms with Gasteiger partial charge in [0.2, 0.25) is 0 Å². The van der Waals surface area contributed by atoms with E-state index in [0.717, 1.165) is 29.5 Å². The summed E-state index contributed by atoms with van der Waals surface area (Å²) in [6, 6.07) is 4.14. The number of benzene rings is 1. The van der Waals surface area contributed by atoms with Crippen LogP contribution >= 0.6 is 11.6 Å². The molecule has 0 radical (unpaired) electrons. The van der Waals surface area contributed by atoms with Crippen molar-refractivity contribution >= 4 is 17.5 Å². The Morgan fingerprint density at radius 1 is 1.14 bits per heavy atom. The summed E-state index contributed by atoms with van der Waals surface area (Å²) in [4.78, 5) is 12.5. The molecular weight excluding hydrogens is 282 g/mol. The van der Waals surface area contributed by atoms with E-state index in [1.165, 1.54) is 24.8 Å². The molecule has 21 heavy (non-hydrogen) atoms. The first-order chi connectivity index (χ1) is 9.97. The monoisotopic (exact) mass is 307 g/mol. The van der Waals surface area contributed by atoms with E-state index >= 15 is 0 Å². The van der Waals surface area contributed by atoms with Gasteiger partial charge in [-0.15, -0.1) is 11.6 Å². The quantitative estimate of drug-likeness (QED) is 0.813. The van der Waals surface area contributed by atoms with Crippen LogP contribution in [0.3, 0.4) is 0 Å². The zero-order valence-electron chi connectivity index (χ0n) is 13.4. The molecule has 3 heteroatoms. The lowest BCUT2D eigenvalue weighted by Crippen LogP contribution is -2.40. The number of carbonyl (C=O) groups is 1. The Morgan fingerprint density at radius 2 is 1.71 bits per heavy atom. The van der Waals surface area contributed by atoms with E-state index in [4.69, 9.17) is 11.6 Å². The van der Waals surface area contributed by atoms with Gasteiger partial charge < -0.3 is 5.32 Å². The Balaban J connectivity index is 2.08. The average molecular weight is 308 g/mol. The molecule has 0 bridgehead atoms. The van der Waals surface area contributed by atoms with E-state index in [2.05, 4.69) is 24.4 Å². The lowest BCUT2D eigenvalue weighted by molar-refractivity contribution is 0.0919. The number of alkyl halides is 1. The van der Waals surface area contributed by atoms with Crippen molar-refractivity contribution < 1.29 is 4.79 Å². The maximum Gasteiger partial charge on any atom is 0.251 e. The predicted octanol–water partition coefficient (Wildman–Crippen LogP) is 4.53. The molecule has 1 aliphatic carbocycles. The van der Waals surface area contributed by atoms with Gasteiger partial charge in [0.15, 0.2) is 0 Å². The summed E-state index contributed by atoms with van der Waals surface area (Å²) in [5, 5.41) is 3.14. The zero-order chi connectivity index (χ0) is 15.5. The van der Waals surface area contributed by atoms with Crippen molar-refractivity contribution in [3.63, 3.8) is 0 Å². The van der Waals surface area contributed by atoms with Crippen LogP contribution in [0.1, 0.15) is 59.2 Å². The van der Waals surface area contributed by atoms with Crippen molar-refractivity contribution in [2.24, 2.45) is 5.41 Å². The molecule has 0 aromatic heterocycles. The fourth-order valence-corrected chi connectivity index (χ4v) is 3.92. The van der Waals surface area contributed by atoms with Crippen LogP contribution in [-0.2, 0) is 0 Å². The van der Waals surface area contributed by atoms with Crippen LogP contribution in [0.15, 0.2) is 12.1 Å².